The molecule has 1 heterocycles. The summed E-state index contributed by atoms with van der Waals surface area (Å²) >= 11 is 0. The lowest BCUT2D eigenvalue weighted by molar-refractivity contribution is -0.301. The van der Waals surface area contributed by atoms with Gasteiger partial charge in [0, 0.05) is 0 Å². The molecule has 0 aromatic rings. The molecule has 23 heavy (non-hydrogen) atoms. The molecule has 1 aliphatic heterocycles. The number of hydrogen-bond acceptors (Lipinski definition) is 11. The fourth-order valence-corrected chi connectivity index (χ4v) is 2.21. The van der Waals surface area contributed by atoms with Crippen LogP contribution < -0.4 is 0 Å². The Labute approximate surface area is 130 Å². The molecular weight excluding hydrogens is 320 g/mol. The van der Waals surface area contributed by atoms with Crippen LogP contribution in [0.5, 0.6) is 0 Å². The van der Waals surface area contributed by atoms with Crippen LogP contribution in [0, 0.1) is 0 Å². The van der Waals surface area contributed by atoms with E-state index in [0.717, 1.165) is 0 Å². The molecule has 0 radical (unpaired) electrons. The summed E-state index contributed by atoms with van der Waals surface area (Å²) in [5.74, 6) is -2.33. The Kier molecular flexibility index (Phi) is 7.41. The minimum Gasteiger partial charge on any atom is -0.394 e. The fourth-order valence-electron chi connectivity index (χ4n) is 2.21. The Morgan fingerprint density at radius 2 is 1.74 bits per heavy atom. The summed E-state index contributed by atoms with van der Waals surface area (Å²) in [4.78, 5) is 11.1. The van der Waals surface area contributed by atoms with Crippen molar-refractivity contribution >= 4 is 6.29 Å². The Morgan fingerprint density at radius 3 is 2.13 bits per heavy atom. The quantitative estimate of drug-likeness (QED) is 0.186. The van der Waals surface area contributed by atoms with Gasteiger partial charge in [0.15, 0.2) is 6.29 Å². The van der Waals surface area contributed by atoms with E-state index in [1.807, 2.05) is 0 Å². The number of carbonyl (C=O) groups is 1. The number of carbonyl (C=O) groups excluding carboxylic acids is 1. The van der Waals surface area contributed by atoms with Crippen LogP contribution in [0.25, 0.3) is 0 Å². The second kappa shape index (κ2) is 8.39. The molecule has 0 bridgehead atoms. The largest absolute Gasteiger partial charge is 0.394 e. The first-order valence-corrected chi connectivity index (χ1v) is 6.81. The number of rotatable bonds is 9. The van der Waals surface area contributed by atoms with Gasteiger partial charge < -0.3 is 55.1 Å². The van der Waals surface area contributed by atoms with Gasteiger partial charge in [0.05, 0.1) is 13.2 Å². The molecule has 1 aliphatic rings. The van der Waals surface area contributed by atoms with Crippen LogP contribution in [0.4, 0.5) is 0 Å². The minimum absolute atomic E-state index is 0.0180. The van der Waals surface area contributed by atoms with Crippen LogP contribution in [0.2, 0.25) is 0 Å². The van der Waals surface area contributed by atoms with Crippen molar-refractivity contribution in [3.8, 4) is 0 Å². The highest BCUT2D eigenvalue weighted by Gasteiger charge is 2.56. The van der Waals surface area contributed by atoms with E-state index in [4.69, 9.17) is 19.7 Å². The van der Waals surface area contributed by atoms with E-state index in [9.17, 15) is 35.4 Å². The predicted octanol–water partition coefficient (Wildman–Crippen LogP) is -5.55. The number of aldehydes is 1. The van der Waals surface area contributed by atoms with Gasteiger partial charge in [-0.1, -0.05) is 0 Å². The van der Waals surface area contributed by atoms with Gasteiger partial charge in [-0.2, -0.15) is 0 Å². The van der Waals surface area contributed by atoms with Crippen molar-refractivity contribution in [1.29, 1.82) is 0 Å². The lowest BCUT2D eigenvalue weighted by Gasteiger charge is -2.35. The maximum Gasteiger partial charge on any atom is 0.222 e. The zero-order valence-electron chi connectivity index (χ0n) is 12.0. The van der Waals surface area contributed by atoms with Gasteiger partial charge >= 0.3 is 0 Å². The number of aliphatic hydroxyl groups excluding tert-OH is 8. The summed E-state index contributed by atoms with van der Waals surface area (Å²) in [6.07, 6.45) is -12.4. The van der Waals surface area contributed by atoms with Gasteiger partial charge in [-0.15, -0.1) is 0 Å². The van der Waals surface area contributed by atoms with Gasteiger partial charge in [0.1, 0.15) is 49.3 Å². The first kappa shape index (κ1) is 20.3. The van der Waals surface area contributed by atoms with E-state index in [-0.39, 0.29) is 6.29 Å². The third kappa shape index (κ3) is 4.03. The van der Waals surface area contributed by atoms with Crippen LogP contribution >= 0.6 is 0 Å². The Balaban J connectivity index is 2.93. The minimum atomic E-state index is -2.33. The number of ether oxygens (including phenoxy) is 2. The summed E-state index contributed by atoms with van der Waals surface area (Å²) in [5, 5.41) is 75.4. The second-order valence-electron chi connectivity index (χ2n) is 5.19. The van der Waals surface area contributed by atoms with Crippen LogP contribution in [0.1, 0.15) is 0 Å². The number of hydrogen-bond donors (Lipinski definition) is 8. The van der Waals surface area contributed by atoms with E-state index in [1.54, 1.807) is 0 Å². The average molecular weight is 342 g/mol. The highest BCUT2D eigenvalue weighted by molar-refractivity contribution is 5.57. The van der Waals surface area contributed by atoms with Crippen molar-refractivity contribution in [3.63, 3.8) is 0 Å². The average Bonchev–Trinajstić information content (AvgIpc) is 2.82. The smallest absolute Gasteiger partial charge is 0.222 e. The summed E-state index contributed by atoms with van der Waals surface area (Å²) in [6, 6.07) is 0. The zero-order chi connectivity index (χ0) is 17.8. The Hall–Kier alpha value is -0.730. The first-order chi connectivity index (χ1) is 10.8. The van der Waals surface area contributed by atoms with E-state index in [1.165, 1.54) is 0 Å². The highest BCUT2D eigenvalue weighted by Crippen LogP contribution is 2.33. The summed E-state index contributed by atoms with van der Waals surface area (Å²) < 4.78 is 10.1. The molecule has 1 saturated heterocycles. The van der Waals surface area contributed by atoms with Crippen molar-refractivity contribution in [2.24, 2.45) is 0 Å². The zero-order valence-corrected chi connectivity index (χ0v) is 12.0. The van der Waals surface area contributed by atoms with E-state index in [2.05, 4.69) is 0 Å². The molecule has 1 rings (SSSR count). The van der Waals surface area contributed by atoms with Gasteiger partial charge in [-0.05, 0) is 0 Å². The standard InChI is InChI=1S/C12H22O11/c13-1-5(17)8(18)9(19)6(2-14)22-12(4-16)11(21)10(20)7(3-15)23-12/h2,5-11,13,15-21H,1,3-4H2/t5-,6+,7-,8-,9-,10-,11+,12?/m1/s1. The summed E-state index contributed by atoms with van der Waals surface area (Å²) in [5.41, 5.74) is 0. The van der Waals surface area contributed by atoms with Crippen molar-refractivity contribution in [3.05, 3.63) is 0 Å². The molecule has 0 saturated carbocycles. The van der Waals surface area contributed by atoms with Gasteiger partial charge in [0.2, 0.25) is 5.79 Å². The fraction of sp³-hybridized carbons (Fsp3) is 0.917. The van der Waals surface area contributed by atoms with E-state index >= 15 is 0 Å². The molecule has 1 unspecified atom stereocenters. The third-order valence-electron chi connectivity index (χ3n) is 3.64. The van der Waals surface area contributed by atoms with Crippen molar-refractivity contribution in [2.45, 2.75) is 48.5 Å². The van der Waals surface area contributed by atoms with Crippen molar-refractivity contribution < 1.29 is 55.1 Å². The summed E-state index contributed by atoms with van der Waals surface area (Å²) in [6.45, 7) is -2.67. The molecule has 0 spiro atoms. The predicted molar refractivity (Wildman–Crippen MR) is 69.8 cm³/mol. The molecule has 0 aliphatic carbocycles. The topological polar surface area (TPSA) is 197 Å². The first-order valence-electron chi connectivity index (χ1n) is 6.81. The van der Waals surface area contributed by atoms with Gasteiger partial charge in [0.25, 0.3) is 0 Å². The molecule has 8 atom stereocenters. The molecule has 1 fully saturated rings. The SMILES string of the molecule is O=C[C@H](OC1(CO)O[C@H](CO)[C@@H](O)[C@@H]1O)[C@@H](O)[C@H](O)[C@H](O)CO. The molecule has 136 valence electrons. The third-order valence-corrected chi connectivity index (χ3v) is 3.64. The molecule has 8 N–H and O–H groups in total. The lowest BCUT2D eigenvalue weighted by atomic mass is 10.0. The molecule has 0 aromatic heterocycles. The van der Waals surface area contributed by atoms with Crippen molar-refractivity contribution in [1.82, 2.24) is 0 Å². The summed E-state index contributed by atoms with van der Waals surface area (Å²) in [7, 11) is 0. The lowest BCUT2D eigenvalue weighted by Crippen LogP contribution is -2.56. The Morgan fingerprint density at radius 1 is 1.13 bits per heavy atom. The number of aliphatic hydroxyl groups is 8. The maximum absolute atomic E-state index is 11.1. The maximum atomic E-state index is 11.1. The van der Waals surface area contributed by atoms with Gasteiger partial charge in [-0.25, -0.2) is 0 Å². The second-order valence-corrected chi connectivity index (χ2v) is 5.19. The van der Waals surface area contributed by atoms with Crippen LogP contribution in [0.15, 0.2) is 0 Å². The van der Waals surface area contributed by atoms with E-state index in [0.29, 0.717) is 0 Å². The monoisotopic (exact) mass is 342 g/mol. The van der Waals surface area contributed by atoms with Crippen molar-refractivity contribution in [2.75, 3.05) is 19.8 Å². The molecule has 11 nitrogen and oxygen atoms in total. The highest BCUT2D eigenvalue weighted by atomic mass is 16.7. The molecule has 0 aromatic carbocycles. The molecular formula is C12H22O11. The van der Waals surface area contributed by atoms with Crippen LogP contribution in [0.3, 0.4) is 0 Å². The van der Waals surface area contributed by atoms with Crippen LogP contribution in [-0.2, 0) is 14.3 Å². The molecule has 0 amide bonds. The Bertz CT molecular complexity index is 380. The molecule has 11 heteroatoms. The van der Waals surface area contributed by atoms with E-state index < -0.39 is 68.3 Å². The van der Waals surface area contributed by atoms with Gasteiger partial charge in [-0.3, -0.25) is 0 Å². The normalized spacial score (nSPS) is 36.4. The van der Waals surface area contributed by atoms with Crippen LogP contribution in [-0.4, -0.2) is 115 Å².